The maximum atomic E-state index is 12.1. The Morgan fingerprint density at radius 3 is 2.26 bits per heavy atom. The second kappa shape index (κ2) is 7.20. The number of nitrogens with one attached hydrogen (secondary N) is 1. The van der Waals surface area contributed by atoms with Gasteiger partial charge in [-0.15, -0.1) is 0 Å². The van der Waals surface area contributed by atoms with E-state index in [1.165, 1.54) is 0 Å². The predicted octanol–water partition coefficient (Wildman–Crippen LogP) is 0.329. The monoisotopic (exact) mass is 339 g/mol. The summed E-state index contributed by atoms with van der Waals surface area (Å²) in [4.78, 5) is 25.4. The van der Waals surface area contributed by atoms with E-state index >= 15 is 0 Å². The molecular weight excluding hydrogens is 318 g/mol. The summed E-state index contributed by atoms with van der Waals surface area (Å²) < 4.78 is 26.1. The van der Waals surface area contributed by atoms with Crippen LogP contribution in [0.25, 0.3) is 0 Å². The highest BCUT2D eigenvalue weighted by molar-refractivity contribution is 7.89. The number of rotatable bonds is 8. The molecule has 1 aliphatic rings. The molecule has 8 heteroatoms. The van der Waals surface area contributed by atoms with Gasteiger partial charge in [0.25, 0.3) is 11.8 Å². The standard InChI is InChI=1S/C15H21N3O4S/c1-11(16)7-8-17-23(21,22)10-4-9-18-14(19)12-5-2-3-6-13(12)15(18)20/h2-3,5-6,11,17H,4,7-10,16H2,1H3. The lowest BCUT2D eigenvalue weighted by Gasteiger charge is -2.14. The number of nitrogens with two attached hydrogens (primary N) is 1. The van der Waals surface area contributed by atoms with Gasteiger partial charge in [-0.3, -0.25) is 14.5 Å². The summed E-state index contributed by atoms with van der Waals surface area (Å²) >= 11 is 0. The van der Waals surface area contributed by atoms with Crippen molar-refractivity contribution in [2.75, 3.05) is 18.8 Å². The average Bonchev–Trinajstić information content (AvgIpc) is 2.72. The van der Waals surface area contributed by atoms with E-state index in [1.807, 2.05) is 0 Å². The minimum Gasteiger partial charge on any atom is -0.328 e. The number of carbonyl (C=O) groups is 2. The third-order valence-corrected chi connectivity index (χ3v) is 5.06. The van der Waals surface area contributed by atoms with Crippen LogP contribution < -0.4 is 10.5 Å². The van der Waals surface area contributed by atoms with Gasteiger partial charge in [-0.2, -0.15) is 0 Å². The van der Waals surface area contributed by atoms with E-state index < -0.39 is 10.0 Å². The molecule has 1 aliphatic heterocycles. The molecule has 2 rings (SSSR count). The van der Waals surface area contributed by atoms with E-state index in [1.54, 1.807) is 31.2 Å². The Labute approximate surface area is 135 Å². The smallest absolute Gasteiger partial charge is 0.261 e. The van der Waals surface area contributed by atoms with Gasteiger partial charge in [-0.25, -0.2) is 13.1 Å². The number of sulfonamides is 1. The molecule has 1 aromatic rings. The van der Waals surface area contributed by atoms with E-state index in [4.69, 9.17) is 5.73 Å². The third-order valence-electron chi connectivity index (χ3n) is 3.59. The lowest BCUT2D eigenvalue weighted by atomic mass is 10.1. The summed E-state index contributed by atoms with van der Waals surface area (Å²) in [7, 11) is -3.43. The molecule has 1 unspecified atom stereocenters. The number of carbonyl (C=O) groups excluding carboxylic acids is 2. The molecule has 2 amide bonds. The molecule has 0 spiro atoms. The van der Waals surface area contributed by atoms with Crippen LogP contribution >= 0.6 is 0 Å². The lowest BCUT2D eigenvalue weighted by molar-refractivity contribution is 0.0654. The van der Waals surface area contributed by atoms with Crippen molar-refractivity contribution in [2.24, 2.45) is 5.73 Å². The van der Waals surface area contributed by atoms with E-state index in [2.05, 4.69) is 4.72 Å². The molecule has 3 N–H and O–H groups in total. The Morgan fingerprint density at radius 1 is 1.17 bits per heavy atom. The molecule has 0 aromatic heterocycles. The van der Waals surface area contributed by atoms with Gasteiger partial charge in [0.05, 0.1) is 16.9 Å². The molecule has 0 aliphatic carbocycles. The summed E-state index contributed by atoms with van der Waals surface area (Å²) in [5, 5.41) is 0. The maximum Gasteiger partial charge on any atom is 0.261 e. The SMILES string of the molecule is CC(N)CCNS(=O)(=O)CCCN1C(=O)c2ccccc2C1=O. The number of imide groups is 1. The molecule has 1 heterocycles. The Bertz CT molecular complexity index is 665. The summed E-state index contributed by atoms with van der Waals surface area (Å²) in [5.74, 6) is -0.875. The number of hydrogen-bond donors (Lipinski definition) is 2. The van der Waals surface area contributed by atoms with Crippen LogP contribution in [0.5, 0.6) is 0 Å². The van der Waals surface area contributed by atoms with Gasteiger partial charge < -0.3 is 5.73 Å². The van der Waals surface area contributed by atoms with Gasteiger partial charge in [0.2, 0.25) is 10.0 Å². The number of fused-ring (bicyclic) bond motifs is 1. The predicted molar refractivity (Wildman–Crippen MR) is 86.5 cm³/mol. The maximum absolute atomic E-state index is 12.1. The fraction of sp³-hybridized carbons (Fsp3) is 0.467. The van der Waals surface area contributed by atoms with Crippen molar-refractivity contribution in [3.8, 4) is 0 Å². The minimum absolute atomic E-state index is 0.0731. The van der Waals surface area contributed by atoms with Gasteiger partial charge in [0.15, 0.2) is 0 Å². The normalized spacial score (nSPS) is 15.8. The van der Waals surface area contributed by atoms with Crippen molar-refractivity contribution in [1.29, 1.82) is 0 Å². The zero-order valence-corrected chi connectivity index (χ0v) is 13.8. The van der Waals surface area contributed by atoms with Crippen molar-refractivity contribution in [3.05, 3.63) is 35.4 Å². The van der Waals surface area contributed by atoms with Crippen molar-refractivity contribution in [1.82, 2.24) is 9.62 Å². The topological polar surface area (TPSA) is 110 Å². The first kappa shape index (κ1) is 17.6. The van der Waals surface area contributed by atoms with Crippen LogP contribution in [0.15, 0.2) is 24.3 Å². The first-order chi connectivity index (χ1) is 10.8. The molecule has 1 aromatic carbocycles. The highest BCUT2D eigenvalue weighted by Crippen LogP contribution is 2.22. The fourth-order valence-electron chi connectivity index (χ4n) is 2.37. The Kier molecular flexibility index (Phi) is 5.51. The highest BCUT2D eigenvalue weighted by atomic mass is 32.2. The van der Waals surface area contributed by atoms with Crippen molar-refractivity contribution >= 4 is 21.8 Å². The molecule has 0 saturated heterocycles. The fourth-order valence-corrected chi connectivity index (χ4v) is 3.45. The van der Waals surface area contributed by atoms with Gasteiger partial charge in [-0.05, 0) is 31.9 Å². The van der Waals surface area contributed by atoms with Gasteiger partial charge in [-0.1, -0.05) is 12.1 Å². The average molecular weight is 339 g/mol. The van der Waals surface area contributed by atoms with Crippen LogP contribution in [-0.4, -0.2) is 50.0 Å². The lowest BCUT2D eigenvalue weighted by Crippen LogP contribution is -2.34. The van der Waals surface area contributed by atoms with Crippen LogP contribution in [-0.2, 0) is 10.0 Å². The second-order valence-corrected chi connectivity index (χ2v) is 7.57. The largest absolute Gasteiger partial charge is 0.328 e. The zero-order valence-electron chi connectivity index (χ0n) is 13.0. The van der Waals surface area contributed by atoms with Crippen LogP contribution in [0.1, 0.15) is 40.5 Å². The van der Waals surface area contributed by atoms with Crippen LogP contribution in [0.2, 0.25) is 0 Å². The summed E-state index contributed by atoms with van der Waals surface area (Å²) in [6, 6.07) is 6.51. The quantitative estimate of drug-likeness (QED) is 0.663. The van der Waals surface area contributed by atoms with Gasteiger partial charge >= 0.3 is 0 Å². The summed E-state index contributed by atoms with van der Waals surface area (Å²) in [6.07, 6.45) is 0.747. The molecule has 7 nitrogen and oxygen atoms in total. The molecule has 0 fully saturated rings. The van der Waals surface area contributed by atoms with Crippen molar-refractivity contribution in [2.45, 2.75) is 25.8 Å². The summed E-state index contributed by atoms with van der Waals surface area (Å²) in [6.45, 7) is 2.17. The molecule has 0 bridgehead atoms. The Hall–Kier alpha value is -1.77. The number of nitrogens with zero attached hydrogens (tertiary/aromatic N) is 1. The van der Waals surface area contributed by atoms with E-state index in [-0.39, 0.29) is 43.1 Å². The molecule has 126 valence electrons. The van der Waals surface area contributed by atoms with E-state index in [9.17, 15) is 18.0 Å². The van der Waals surface area contributed by atoms with Crippen molar-refractivity contribution < 1.29 is 18.0 Å². The molecule has 0 radical (unpaired) electrons. The van der Waals surface area contributed by atoms with Crippen LogP contribution in [0.4, 0.5) is 0 Å². The minimum atomic E-state index is -3.43. The number of hydrogen-bond acceptors (Lipinski definition) is 5. The van der Waals surface area contributed by atoms with E-state index in [0.29, 0.717) is 17.5 Å². The Balaban J connectivity index is 1.86. The van der Waals surface area contributed by atoms with Crippen LogP contribution in [0.3, 0.4) is 0 Å². The first-order valence-electron chi connectivity index (χ1n) is 7.50. The Morgan fingerprint density at radius 2 is 1.74 bits per heavy atom. The number of amides is 2. The van der Waals surface area contributed by atoms with Gasteiger partial charge in [0, 0.05) is 19.1 Å². The zero-order chi connectivity index (χ0) is 17.0. The molecule has 1 atom stereocenters. The highest BCUT2D eigenvalue weighted by Gasteiger charge is 2.34. The van der Waals surface area contributed by atoms with Gasteiger partial charge in [0.1, 0.15) is 0 Å². The molecular formula is C15H21N3O4S. The molecule has 23 heavy (non-hydrogen) atoms. The second-order valence-electron chi connectivity index (χ2n) is 5.64. The molecule has 0 saturated carbocycles. The van der Waals surface area contributed by atoms with E-state index in [0.717, 1.165) is 4.90 Å². The number of benzene rings is 1. The summed E-state index contributed by atoms with van der Waals surface area (Å²) in [5.41, 5.74) is 6.30. The first-order valence-corrected chi connectivity index (χ1v) is 9.15. The van der Waals surface area contributed by atoms with Crippen molar-refractivity contribution in [3.63, 3.8) is 0 Å². The van der Waals surface area contributed by atoms with Crippen LogP contribution in [0, 0.1) is 0 Å². The third kappa shape index (κ3) is 4.37.